The molecule has 3 aromatic rings. The summed E-state index contributed by atoms with van der Waals surface area (Å²) in [6.45, 7) is -0.169. The zero-order valence-corrected chi connectivity index (χ0v) is 11.3. The Labute approximate surface area is 121 Å². The van der Waals surface area contributed by atoms with E-state index in [-0.39, 0.29) is 12.5 Å². The number of rotatable bonds is 4. The molecular weight excluding hydrogens is 266 g/mol. The second kappa shape index (κ2) is 5.76. The fourth-order valence-corrected chi connectivity index (χ4v) is 2.28. The van der Waals surface area contributed by atoms with Crippen LogP contribution in [0, 0.1) is 0 Å². The van der Waals surface area contributed by atoms with Gasteiger partial charge in [-0.3, -0.25) is 9.89 Å². The van der Waals surface area contributed by atoms with E-state index in [1.54, 1.807) is 0 Å². The summed E-state index contributed by atoms with van der Waals surface area (Å²) < 4.78 is 0. The van der Waals surface area contributed by atoms with E-state index >= 15 is 0 Å². The Hall–Kier alpha value is -2.66. The number of amides is 1. The molecule has 1 aromatic heterocycles. The number of H-pyrrole nitrogens is 1. The number of para-hydroxylation sites is 1. The summed E-state index contributed by atoms with van der Waals surface area (Å²) in [5.41, 5.74) is 2.00. The van der Waals surface area contributed by atoms with Gasteiger partial charge in [-0.1, -0.05) is 48.5 Å². The molecule has 0 fully saturated rings. The summed E-state index contributed by atoms with van der Waals surface area (Å²) >= 11 is 0. The lowest BCUT2D eigenvalue weighted by molar-refractivity contribution is 0.0912. The van der Waals surface area contributed by atoms with E-state index in [1.165, 1.54) is 0 Å². The van der Waals surface area contributed by atoms with Gasteiger partial charge in [-0.05, 0) is 11.6 Å². The van der Waals surface area contributed by atoms with Gasteiger partial charge in [0.05, 0.1) is 18.2 Å². The fourth-order valence-electron chi connectivity index (χ4n) is 2.28. The van der Waals surface area contributed by atoms with Crippen LogP contribution in [0.15, 0.2) is 54.6 Å². The Kier molecular flexibility index (Phi) is 3.66. The van der Waals surface area contributed by atoms with Gasteiger partial charge in [0.2, 0.25) is 0 Å². The molecule has 1 heterocycles. The number of fused-ring (bicyclic) bond motifs is 1. The number of hydrogen-bond acceptors (Lipinski definition) is 3. The molecule has 0 aliphatic rings. The van der Waals surface area contributed by atoms with Crippen LogP contribution in [0.5, 0.6) is 0 Å². The maximum absolute atomic E-state index is 12.4. The lowest BCUT2D eigenvalue weighted by Crippen LogP contribution is -2.31. The number of nitrogens with zero attached hydrogens (tertiary/aromatic N) is 1. The Morgan fingerprint density at radius 3 is 2.62 bits per heavy atom. The predicted octanol–water partition coefficient (Wildman–Crippen LogP) is 2.03. The van der Waals surface area contributed by atoms with Crippen LogP contribution in [0.1, 0.15) is 22.1 Å². The van der Waals surface area contributed by atoms with E-state index in [0.29, 0.717) is 5.69 Å². The van der Waals surface area contributed by atoms with E-state index in [0.717, 1.165) is 16.5 Å². The van der Waals surface area contributed by atoms with Crippen LogP contribution >= 0.6 is 0 Å². The number of carbonyl (C=O) groups is 1. The van der Waals surface area contributed by atoms with Crippen LogP contribution in [0.25, 0.3) is 10.9 Å². The molecule has 5 nitrogen and oxygen atoms in total. The summed E-state index contributed by atoms with van der Waals surface area (Å²) in [7, 11) is 0. The molecule has 0 aliphatic carbocycles. The monoisotopic (exact) mass is 281 g/mol. The number of hydrogen-bond donors (Lipinski definition) is 3. The number of carbonyl (C=O) groups excluding carboxylic acids is 1. The van der Waals surface area contributed by atoms with Crippen molar-refractivity contribution in [1.82, 2.24) is 15.5 Å². The predicted molar refractivity (Wildman–Crippen MR) is 79.8 cm³/mol. The molecule has 1 amide bonds. The van der Waals surface area contributed by atoms with Crippen LogP contribution < -0.4 is 5.32 Å². The van der Waals surface area contributed by atoms with Crippen LogP contribution in [0.3, 0.4) is 0 Å². The molecule has 0 unspecified atom stereocenters. The lowest BCUT2D eigenvalue weighted by Gasteiger charge is -2.16. The molecule has 0 saturated heterocycles. The van der Waals surface area contributed by atoms with Crippen molar-refractivity contribution in [1.29, 1.82) is 0 Å². The molecule has 3 rings (SSSR count). The highest BCUT2D eigenvalue weighted by atomic mass is 16.3. The summed E-state index contributed by atoms with van der Waals surface area (Å²) in [4.78, 5) is 12.4. The van der Waals surface area contributed by atoms with Gasteiger partial charge in [0, 0.05) is 5.39 Å². The Balaban J connectivity index is 1.85. The number of aliphatic hydroxyl groups excluding tert-OH is 1. The first-order valence-corrected chi connectivity index (χ1v) is 6.69. The van der Waals surface area contributed by atoms with Gasteiger partial charge in [-0.25, -0.2) is 0 Å². The third-order valence-corrected chi connectivity index (χ3v) is 3.38. The first kappa shape index (κ1) is 13.3. The molecule has 0 radical (unpaired) electrons. The van der Waals surface area contributed by atoms with Gasteiger partial charge < -0.3 is 10.4 Å². The second-order valence-electron chi connectivity index (χ2n) is 4.74. The van der Waals surface area contributed by atoms with Gasteiger partial charge in [0.15, 0.2) is 5.69 Å². The minimum atomic E-state index is -0.450. The average Bonchev–Trinajstić information content (AvgIpc) is 2.97. The zero-order valence-electron chi connectivity index (χ0n) is 11.3. The molecule has 0 spiro atoms. The minimum Gasteiger partial charge on any atom is -0.394 e. The van der Waals surface area contributed by atoms with Crippen LogP contribution in [0.4, 0.5) is 0 Å². The van der Waals surface area contributed by atoms with Crippen molar-refractivity contribution in [3.05, 3.63) is 65.9 Å². The van der Waals surface area contributed by atoms with E-state index in [4.69, 9.17) is 0 Å². The highest BCUT2D eigenvalue weighted by molar-refractivity contribution is 6.04. The highest BCUT2D eigenvalue weighted by Gasteiger charge is 2.18. The van der Waals surface area contributed by atoms with Crippen LogP contribution in [-0.4, -0.2) is 27.8 Å². The van der Waals surface area contributed by atoms with Crippen molar-refractivity contribution in [3.63, 3.8) is 0 Å². The van der Waals surface area contributed by atoms with Crippen LogP contribution in [-0.2, 0) is 0 Å². The Morgan fingerprint density at radius 2 is 1.86 bits per heavy atom. The highest BCUT2D eigenvalue weighted by Crippen LogP contribution is 2.17. The molecule has 0 aliphatic heterocycles. The molecule has 106 valence electrons. The molecule has 21 heavy (non-hydrogen) atoms. The zero-order chi connectivity index (χ0) is 14.7. The molecular formula is C16H15N3O2. The second-order valence-corrected chi connectivity index (χ2v) is 4.74. The van der Waals surface area contributed by atoms with E-state index in [9.17, 15) is 9.90 Å². The Bertz CT molecular complexity index is 752. The van der Waals surface area contributed by atoms with Crippen molar-refractivity contribution in [2.75, 3.05) is 6.61 Å². The first-order valence-electron chi connectivity index (χ1n) is 6.69. The third-order valence-electron chi connectivity index (χ3n) is 3.38. The Morgan fingerprint density at radius 1 is 1.14 bits per heavy atom. The smallest absolute Gasteiger partial charge is 0.272 e. The lowest BCUT2D eigenvalue weighted by atomic mass is 10.1. The number of benzene rings is 2. The third kappa shape index (κ3) is 2.64. The van der Waals surface area contributed by atoms with Crippen molar-refractivity contribution in [2.45, 2.75) is 6.04 Å². The number of aromatic amines is 1. The van der Waals surface area contributed by atoms with Gasteiger partial charge in [0.1, 0.15) is 0 Å². The fraction of sp³-hybridized carbons (Fsp3) is 0.125. The first-order chi connectivity index (χ1) is 10.3. The van der Waals surface area contributed by atoms with Crippen molar-refractivity contribution < 1.29 is 9.90 Å². The van der Waals surface area contributed by atoms with Crippen LogP contribution in [0.2, 0.25) is 0 Å². The standard InChI is InChI=1S/C16H15N3O2/c20-10-14(11-6-2-1-3-7-11)17-16(21)15-12-8-4-5-9-13(12)18-19-15/h1-9,14,20H,10H2,(H,17,21)(H,18,19)/t14-/m0/s1. The molecule has 3 N–H and O–H groups in total. The summed E-state index contributed by atoms with van der Waals surface area (Å²) in [6.07, 6.45) is 0. The normalized spacial score (nSPS) is 12.2. The number of aliphatic hydroxyl groups is 1. The van der Waals surface area contributed by atoms with Gasteiger partial charge in [0.25, 0.3) is 5.91 Å². The topological polar surface area (TPSA) is 78.0 Å². The van der Waals surface area contributed by atoms with E-state index in [1.807, 2.05) is 54.6 Å². The van der Waals surface area contributed by atoms with Gasteiger partial charge >= 0.3 is 0 Å². The van der Waals surface area contributed by atoms with Gasteiger partial charge in [-0.2, -0.15) is 5.10 Å². The van der Waals surface area contributed by atoms with Crippen molar-refractivity contribution in [3.8, 4) is 0 Å². The minimum absolute atomic E-state index is 0.169. The number of aromatic nitrogens is 2. The summed E-state index contributed by atoms with van der Waals surface area (Å²) in [6, 6.07) is 16.3. The quantitative estimate of drug-likeness (QED) is 0.684. The van der Waals surface area contributed by atoms with E-state index < -0.39 is 6.04 Å². The summed E-state index contributed by atoms with van der Waals surface area (Å²) in [5, 5.41) is 20.0. The SMILES string of the molecule is O=C(N[C@@H](CO)c1ccccc1)c1n[nH]c2ccccc12. The number of nitrogens with one attached hydrogen (secondary N) is 2. The molecule has 1 atom stereocenters. The average molecular weight is 281 g/mol. The largest absolute Gasteiger partial charge is 0.394 e. The summed E-state index contributed by atoms with van der Waals surface area (Å²) in [5.74, 6) is -0.310. The van der Waals surface area contributed by atoms with E-state index in [2.05, 4.69) is 15.5 Å². The molecule has 5 heteroatoms. The molecule has 2 aromatic carbocycles. The maximum atomic E-state index is 12.4. The molecule has 0 saturated carbocycles. The maximum Gasteiger partial charge on any atom is 0.272 e. The van der Waals surface area contributed by atoms with Crippen molar-refractivity contribution in [2.24, 2.45) is 0 Å². The molecule has 0 bridgehead atoms. The van der Waals surface area contributed by atoms with Gasteiger partial charge in [-0.15, -0.1) is 0 Å². The van der Waals surface area contributed by atoms with Crippen molar-refractivity contribution >= 4 is 16.8 Å².